The standard InChI is InChI=1S/C38H41ClN4O4/c1-4-45-38(44)32-16-15-29(25-37(32)47-36-10-6-8-34-31(36)17-18-40-34)43-21-19-42(20-22-43)26-33-30(27-11-13-28(39)14-12-27)7-5-9-35(33)46-24-23-41(2)3/h5-18,25,40H,4,19-24,26H2,1-3H3. The van der Waals surface area contributed by atoms with Crippen LogP contribution in [0.15, 0.2) is 91.1 Å². The van der Waals surface area contributed by atoms with Gasteiger partial charge in [-0.05, 0) is 80.7 Å². The lowest BCUT2D eigenvalue weighted by atomic mass is 9.98. The van der Waals surface area contributed by atoms with Crippen molar-refractivity contribution in [2.75, 3.05) is 64.9 Å². The highest BCUT2D eigenvalue weighted by atomic mass is 35.5. The van der Waals surface area contributed by atoms with E-state index in [1.54, 1.807) is 6.92 Å². The van der Waals surface area contributed by atoms with Gasteiger partial charge in [-0.3, -0.25) is 4.90 Å². The van der Waals surface area contributed by atoms with Gasteiger partial charge in [0.15, 0.2) is 0 Å². The summed E-state index contributed by atoms with van der Waals surface area (Å²) in [7, 11) is 4.10. The minimum Gasteiger partial charge on any atom is -0.492 e. The Bertz CT molecular complexity index is 1810. The predicted octanol–water partition coefficient (Wildman–Crippen LogP) is 7.72. The third kappa shape index (κ3) is 7.73. The second kappa shape index (κ2) is 14.9. The van der Waals surface area contributed by atoms with E-state index in [-0.39, 0.29) is 0 Å². The van der Waals surface area contributed by atoms with Gasteiger partial charge in [-0.15, -0.1) is 0 Å². The Labute approximate surface area is 281 Å². The third-order valence-corrected chi connectivity index (χ3v) is 8.69. The lowest BCUT2D eigenvalue weighted by Crippen LogP contribution is -2.46. The minimum atomic E-state index is -0.400. The number of benzene rings is 4. The molecule has 1 aliphatic heterocycles. The van der Waals surface area contributed by atoms with Crippen LogP contribution in [0.5, 0.6) is 17.2 Å². The number of nitrogens with one attached hydrogen (secondary N) is 1. The first kappa shape index (κ1) is 32.4. The first-order valence-corrected chi connectivity index (χ1v) is 16.4. The Kier molecular flexibility index (Phi) is 10.3. The zero-order valence-corrected chi connectivity index (χ0v) is 27.9. The van der Waals surface area contributed by atoms with Gasteiger partial charge in [0.05, 0.1) is 6.61 Å². The number of carbonyl (C=O) groups is 1. The molecule has 1 aromatic heterocycles. The van der Waals surface area contributed by atoms with Crippen molar-refractivity contribution >= 4 is 34.2 Å². The monoisotopic (exact) mass is 652 g/mol. The van der Waals surface area contributed by atoms with Gasteiger partial charge in [0.1, 0.15) is 29.4 Å². The van der Waals surface area contributed by atoms with Crippen LogP contribution in [0.1, 0.15) is 22.8 Å². The Hall–Kier alpha value is -4.50. The highest BCUT2D eigenvalue weighted by Gasteiger charge is 2.23. The maximum Gasteiger partial charge on any atom is 0.341 e. The fourth-order valence-corrected chi connectivity index (χ4v) is 6.05. The molecule has 6 rings (SSSR count). The molecule has 244 valence electrons. The molecule has 1 fully saturated rings. The number of H-pyrrole nitrogens is 1. The molecule has 0 atom stereocenters. The maximum atomic E-state index is 12.9. The molecule has 0 aliphatic carbocycles. The van der Waals surface area contributed by atoms with Crippen LogP contribution in [0.2, 0.25) is 5.02 Å². The van der Waals surface area contributed by atoms with Gasteiger partial charge < -0.3 is 29.0 Å². The van der Waals surface area contributed by atoms with E-state index in [1.165, 1.54) is 5.56 Å². The van der Waals surface area contributed by atoms with Gasteiger partial charge in [-0.25, -0.2) is 4.79 Å². The Balaban J connectivity index is 1.21. The van der Waals surface area contributed by atoms with Crippen molar-refractivity contribution in [1.29, 1.82) is 0 Å². The highest BCUT2D eigenvalue weighted by Crippen LogP contribution is 2.36. The minimum absolute atomic E-state index is 0.291. The van der Waals surface area contributed by atoms with Crippen molar-refractivity contribution in [3.8, 4) is 28.4 Å². The van der Waals surface area contributed by atoms with Crippen molar-refractivity contribution in [3.05, 3.63) is 107 Å². The van der Waals surface area contributed by atoms with Crippen molar-refractivity contribution in [2.24, 2.45) is 0 Å². The number of nitrogens with zero attached hydrogens (tertiary/aromatic N) is 3. The number of halogens is 1. The van der Waals surface area contributed by atoms with Crippen LogP contribution < -0.4 is 14.4 Å². The molecule has 9 heteroatoms. The lowest BCUT2D eigenvalue weighted by Gasteiger charge is -2.37. The molecule has 47 heavy (non-hydrogen) atoms. The summed E-state index contributed by atoms with van der Waals surface area (Å²) in [5.74, 6) is 1.67. The average Bonchev–Trinajstić information content (AvgIpc) is 3.56. The van der Waals surface area contributed by atoms with Gasteiger partial charge in [0.25, 0.3) is 0 Å². The summed E-state index contributed by atoms with van der Waals surface area (Å²) in [6.07, 6.45) is 1.88. The second-order valence-corrected chi connectivity index (χ2v) is 12.3. The number of piperazine rings is 1. The van der Waals surface area contributed by atoms with E-state index in [1.807, 2.05) is 60.8 Å². The van der Waals surface area contributed by atoms with Gasteiger partial charge in [0, 0.05) is 78.7 Å². The fourth-order valence-electron chi connectivity index (χ4n) is 5.92. The molecule has 0 bridgehead atoms. The summed E-state index contributed by atoms with van der Waals surface area (Å²) in [6, 6.07) is 27.9. The highest BCUT2D eigenvalue weighted by molar-refractivity contribution is 6.30. The number of aromatic amines is 1. The molecule has 0 radical (unpaired) electrons. The SMILES string of the molecule is CCOC(=O)c1ccc(N2CCN(Cc3c(OCCN(C)C)cccc3-c3ccc(Cl)cc3)CC2)cc1Oc1cccc2[nH]ccc12. The van der Waals surface area contributed by atoms with Crippen LogP contribution in [0.3, 0.4) is 0 Å². The summed E-state index contributed by atoms with van der Waals surface area (Å²) < 4.78 is 18.1. The summed E-state index contributed by atoms with van der Waals surface area (Å²) in [4.78, 5) is 23.1. The molecule has 2 heterocycles. The van der Waals surface area contributed by atoms with Gasteiger partial charge in [0.2, 0.25) is 0 Å². The molecule has 0 saturated carbocycles. The number of carbonyl (C=O) groups excluding carboxylic acids is 1. The van der Waals surface area contributed by atoms with Crippen LogP contribution in [-0.2, 0) is 11.3 Å². The summed E-state index contributed by atoms with van der Waals surface area (Å²) in [5, 5.41) is 1.67. The molecular weight excluding hydrogens is 612 g/mol. The quantitative estimate of drug-likeness (QED) is 0.138. The molecule has 1 saturated heterocycles. The van der Waals surface area contributed by atoms with E-state index >= 15 is 0 Å². The fraction of sp³-hybridized carbons (Fsp3) is 0.289. The number of likely N-dealkylation sites (N-methyl/N-ethyl adjacent to an activating group) is 1. The average molecular weight is 653 g/mol. The first-order valence-electron chi connectivity index (χ1n) is 16.1. The second-order valence-electron chi connectivity index (χ2n) is 11.9. The van der Waals surface area contributed by atoms with E-state index in [4.69, 9.17) is 25.8 Å². The molecule has 0 amide bonds. The zero-order valence-electron chi connectivity index (χ0n) is 27.2. The largest absolute Gasteiger partial charge is 0.492 e. The van der Waals surface area contributed by atoms with E-state index in [2.05, 4.69) is 64.1 Å². The predicted molar refractivity (Wildman–Crippen MR) is 189 cm³/mol. The van der Waals surface area contributed by atoms with Crippen LogP contribution in [0, 0.1) is 0 Å². The maximum absolute atomic E-state index is 12.9. The van der Waals surface area contributed by atoms with Gasteiger partial charge >= 0.3 is 5.97 Å². The number of hydrogen-bond donors (Lipinski definition) is 1. The molecule has 1 aliphatic rings. The number of rotatable bonds is 12. The number of hydrogen-bond acceptors (Lipinski definition) is 7. The Morgan fingerprint density at radius 2 is 1.66 bits per heavy atom. The smallest absolute Gasteiger partial charge is 0.341 e. The zero-order chi connectivity index (χ0) is 32.8. The molecular formula is C38H41ClN4O4. The number of aromatic nitrogens is 1. The van der Waals surface area contributed by atoms with Crippen LogP contribution in [-0.4, -0.2) is 80.8 Å². The van der Waals surface area contributed by atoms with Crippen molar-refractivity contribution in [3.63, 3.8) is 0 Å². The summed E-state index contributed by atoms with van der Waals surface area (Å²) >= 11 is 6.22. The number of ether oxygens (including phenoxy) is 3. The summed E-state index contributed by atoms with van der Waals surface area (Å²) in [6.45, 7) is 7.69. The molecule has 5 aromatic rings. The molecule has 0 unspecified atom stereocenters. The first-order chi connectivity index (χ1) is 22.9. The normalized spacial score (nSPS) is 13.7. The molecule has 8 nitrogen and oxygen atoms in total. The van der Waals surface area contributed by atoms with Crippen molar-refractivity contribution in [1.82, 2.24) is 14.8 Å². The molecule has 4 aromatic carbocycles. The van der Waals surface area contributed by atoms with Crippen molar-refractivity contribution < 1.29 is 19.0 Å². The summed E-state index contributed by atoms with van der Waals surface area (Å²) in [5.41, 5.74) is 5.82. The van der Waals surface area contributed by atoms with Crippen molar-refractivity contribution in [2.45, 2.75) is 13.5 Å². The molecule has 1 N–H and O–H groups in total. The van der Waals surface area contributed by atoms with Gasteiger partial charge in [-0.2, -0.15) is 0 Å². The van der Waals surface area contributed by atoms with E-state index < -0.39 is 5.97 Å². The topological polar surface area (TPSA) is 70.3 Å². The van der Waals surface area contributed by atoms with E-state index in [9.17, 15) is 4.79 Å². The lowest BCUT2D eigenvalue weighted by molar-refractivity contribution is 0.0523. The third-order valence-electron chi connectivity index (χ3n) is 8.44. The number of esters is 1. The molecule has 0 spiro atoms. The number of fused-ring (bicyclic) bond motifs is 1. The van der Waals surface area contributed by atoms with E-state index in [0.717, 1.165) is 77.8 Å². The Morgan fingerprint density at radius 1 is 0.894 bits per heavy atom. The Morgan fingerprint density at radius 3 is 2.43 bits per heavy atom. The van der Waals surface area contributed by atoms with Crippen LogP contribution >= 0.6 is 11.6 Å². The number of anilines is 1. The van der Waals surface area contributed by atoms with Gasteiger partial charge in [-0.1, -0.05) is 41.9 Å². The van der Waals surface area contributed by atoms with Crippen LogP contribution in [0.25, 0.3) is 22.0 Å². The van der Waals surface area contributed by atoms with Crippen LogP contribution in [0.4, 0.5) is 5.69 Å². The van der Waals surface area contributed by atoms with E-state index in [0.29, 0.717) is 30.3 Å².